The molecule has 4 rings (SSSR count). The van der Waals surface area contributed by atoms with E-state index in [2.05, 4.69) is 31.6 Å². The molecule has 0 spiro atoms. The minimum atomic E-state index is -0.431. The third kappa shape index (κ3) is 3.63. The molecule has 0 radical (unpaired) electrons. The summed E-state index contributed by atoms with van der Waals surface area (Å²) < 4.78 is 26.4. The van der Waals surface area contributed by atoms with E-state index >= 15 is 0 Å². The van der Waals surface area contributed by atoms with E-state index in [4.69, 9.17) is 9.47 Å². The Morgan fingerprint density at radius 3 is 2.82 bits per heavy atom. The van der Waals surface area contributed by atoms with Crippen LogP contribution in [0, 0.1) is 5.82 Å². The summed E-state index contributed by atoms with van der Waals surface area (Å²) >= 11 is 3.23. The number of methoxy groups -OCH3 is 1. The lowest BCUT2D eigenvalue weighted by molar-refractivity contribution is -0.00173. The zero-order valence-electron chi connectivity index (χ0n) is 14.9. The number of benzene rings is 2. The van der Waals surface area contributed by atoms with Gasteiger partial charge in [-0.1, -0.05) is 17.3 Å². The van der Waals surface area contributed by atoms with Gasteiger partial charge < -0.3 is 14.8 Å². The van der Waals surface area contributed by atoms with Gasteiger partial charge in [-0.2, -0.15) is 0 Å². The molecule has 144 valence electrons. The van der Waals surface area contributed by atoms with Gasteiger partial charge in [-0.15, -0.1) is 5.10 Å². The smallest absolute Gasteiger partial charge is 0.278 e. The lowest BCUT2D eigenvalue weighted by Gasteiger charge is -2.24. The van der Waals surface area contributed by atoms with E-state index in [0.717, 1.165) is 11.3 Å². The Morgan fingerprint density at radius 2 is 2.11 bits per heavy atom. The van der Waals surface area contributed by atoms with Gasteiger partial charge in [0.05, 0.1) is 31.6 Å². The van der Waals surface area contributed by atoms with Crippen LogP contribution in [0.25, 0.3) is 0 Å². The third-order valence-corrected chi connectivity index (χ3v) is 5.14. The third-order valence-electron chi connectivity index (χ3n) is 4.48. The molecule has 1 aliphatic rings. The van der Waals surface area contributed by atoms with Crippen molar-refractivity contribution in [3.8, 4) is 5.75 Å². The van der Waals surface area contributed by atoms with Gasteiger partial charge in [0, 0.05) is 4.47 Å². The first-order chi connectivity index (χ1) is 13.5. The van der Waals surface area contributed by atoms with E-state index in [9.17, 15) is 9.18 Å². The van der Waals surface area contributed by atoms with Crippen molar-refractivity contribution < 1.29 is 18.7 Å². The molecule has 1 atom stereocenters. The zero-order chi connectivity index (χ0) is 19.7. The number of ether oxygens (including phenoxy) is 2. The van der Waals surface area contributed by atoms with Crippen molar-refractivity contribution in [1.82, 2.24) is 15.0 Å². The number of rotatable bonds is 4. The molecule has 0 aliphatic carbocycles. The topological polar surface area (TPSA) is 78.3 Å². The first-order valence-corrected chi connectivity index (χ1v) is 9.29. The molecule has 0 fully saturated rings. The number of anilines is 1. The molecule has 1 amide bonds. The first kappa shape index (κ1) is 18.6. The molecule has 3 aromatic rings. The maximum absolute atomic E-state index is 13.2. The van der Waals surface area contributed by atoms with Crippen LogP contribution in [0.1, 0.15) is 27.8 Å². The van der Waals surface area contributed by atoms with Crippen molar-refractivity contribution >= 4 is 27.5 Å². The van der Waals surface area contributed by atoms with Crippen molar-refractivity contribution in [3.05, 3.63) is 69.7 Å². The number of carbonyl (C=O) groups is 1. The van der Waals surface area contributed by atoms with Gasteiger partial charge >= 0.3 is 0 Å². The van der Waals surface area contributed by atoms with Gasteiger partial charge in [0.25, 0.3) is 5.91 Å². The molecule has 1 aliphatic heterocycles. The molecular weight excluding hydrogens is 431 g/mol. The molecule has 2 aromatic carbocycles. The molecule has 9 heteroatoms. The summed E-state index contributed by atoms with van der Waals surface area (Å²) in [6, 6.07) is 11.6. The summed E-state index contributed by atoms with van der Waals surface area (Å²) in [4.78, 5) is 12.6. The average Bonchev–Trinajstić information content (AvgIpc) is 3.13. The highest BCUT2D eigenvalue weighted by Crippen LogP contribution is 2.29. The predicted molar refractivity (Wildman–Crippen MR) is 103 cm³/mol. The minimum Gasteiger partial charge on any atom is -0.497 e. The maximum atomic E-state index is 13.2. The van der Waals surface area contributed by atoms with Crippen molar-refractivity contribution in [3.63, 3.8) is 0 Å². The molecule has 1 aromatic heterocycles. The Morgan fingerprint density at radius 1 is 1.32 bits per heavy atom. The van der Waals surface area contributed by atoms with Crippen molar-refractivity contribution in [1.29, 1.82) is 0 Å². The summed E-state index contributed by atoms with van der Waals surface area (Å²) in [5, 5.41) is 10.8. The Bertz CT molecular complexity index is 1020. The SMILES string of the molecule is COc1ccc(C2Cn3nnc(C(=O)Nc4ccc(F)cc4Br)c3CO2)cc1. The Balaban J connectivity index is 1.50. The predicted octanol–water partition coefficient (Wildman–Crippen LogP) is 3.71. The highest BCUT2D eigenvalue weighted by molar-refractivity contribution is 9.10. The fourth-order valence-electron chi connectivity index (χ4n) is 2.98. The van der Waals surface area contributed by atoms with E-state index in [-0.39, 0.29) is 18.4 Å². The molecule has 7 nitrogen and oxygen atoms in total. The number of hydrogen-bond donors (Lipinski definition) is 1. The average molecular weight is 447 g/mol. The molecular formula is C19H16BrFN4O3. The normalized spacial score (nSPS) is 15.8. The molecule has 28 heavy (non-hydrogen) atoms. The zero-order valence-corrected chi connectivity index (χ0v) is 16.4. The highest BCUT2D eigenvalue weighted by atomic mass is 79.9. The lowest BCUT2D eigenvalue weighted by Crippen LogP contribution is -2.24. The second-order valence-electron chi connectivity index (χ2n) is 6.22. The standard InChI is InChI=1S/C19H16BrFN4O3/c1-27-13-5-2-11(3-6-13)17-9-25-16(10-28-17)18(23-24-25)19(26)22-15-7-4-12(21)8-14(15)20/h2-8,17H,9-10H2,1H3,(H,22,26). The molecule has 2 heterocycles. The quantitative estimate of drug-likeness (QED) is 0.660. The van der Waals surface area contributed by atoms with Crippen LogP contribution >= 0.6 is 15.9 Å². The van der Waals surface area contributed by atoms with E-state index in [1.807, 2.05) is 24.3 Å². The fraction of sp³-hybridized carbons (Fsp3) is 0.211. The number of fused-ring (bicyclic) bond motifs is 1. The number of aromatic nitrogens is 3. The van der Waals surface area contributed by atoms with Gasteiger partial charge in [-0.3, -0.25) is 4.79 Å². The summed E-state index contributed by atoms with van der Waals surface area (Å²) in [7, 11) is 1.62. The van der Waals surface area contributed by atoms with E-state index in [0.29, 0.717) is 22.4 Å². The van der Waals surface area contributed by atoms with Crippen LogP contribution < -0.4 is 10.1 Å². The summed E-state index contributed by atoms with van der Waals surface area (Å²) in [5.74, 6) is -0.0594. The maximum Gasteiger partial charge on any atom is 0.278 e. The number of nitrogens with zero attached hydrogens (tertiary/aromatic N) is 3. The van der Waals surface area contributed by atoms with Crippen LogP contribution in [-0.4, -0.2) is 28.0 Å². The number of hydrogen-bond acceptors (Lipinski definition) is 5. The van der Waals surface area contributed by atoms with Crippen molar-refractivity contribution in [2.45, 2.75) is 19.3 Å². The van der Waals surface area contributed by atoms with Gasteiger partial charge in [0.2, 0.25) is 0 Å². The van der Waals surface area contributed by atoms with Crippen LogP contribution in [0.4, 0.5) is 10.1 Å². The monoisotopic (exact) mass is 446 g/mol. The van der Waals surface area contributed by atoms with Gasteiger partial charge in [0.15, 0.2) is 5.69 Å². The highest BCUT2D eigenvalue weighted by Gasteiger charge is 2.28. The number of halogens is 2. The van der Waals surface area contributed by atoms with Gasteiger partial charge in [-0.05, 0) is 51.8 Å². The molecule has 0 saturated carbocycles. The van der Waals surface area contributed by atoms with Crippen LogP contribution in [0.5, 0.6) is 5.75 Å². The van der Waals surface area contributed by atoms with Gasteiger partial charge in [-0.25, -0.2) is 9.07 Å². The molecule has 1 N–H and O–H groups in total. The van der Waals surface area contributed by atoms with E-state index < -0.39 is 11.7 Å². The Hall–Kier alpha value is -2.78. The second kappa shape index (κ2) is 7.69. The summed E-state index contributed by atoms with van der Waals surface area (Å²) in [5.41, 5.74) is 2.22. The summed E-state index contributed by atoms with van der Waals surface area (Å²) in [6.45, 7) is 0.652. The van der Waals surface area contributed by atoms with Crippen LogP contribution in [-0.2, 0) is 17.9 Å². The van der Waals surface area contributed by atoms with Crippen molar-refractivity contribution in [2.24, 2.45) is 0 Å². The molecule has 0 saturated heterocycles. The van der Waals surface area contributed by atoms with Crippen LogP contribution in [0.3, 0.4) is 0 Å². The van der Waals surface area contributed by atoms with E-state index in [1.54, 1.807) is 11.8 Å². The van der Waals surface area contributed by atoms with Crippen LogP contribution in [0.2, 0.25) is 0 Å². The minimum absolute atomic E-state index is 0.185. The fourth-order valence-corrected chi connectivity index (χ4v) is 3.43. The Kier molecular flexibility index (Phi) is 5.10. The number of nitrogens with one attached hydrogen (secondary N) is 1. The number of amides is 1. The first-order valence-electron chi connectivity index (χ1n) is 8.49. The van der Waals surface area contributed by atoms with Gasteiger partial charge in [0.1, 0.15) is 17.7 Å². The largest absolute Gasteiger partial charge is 0.497 e. The summed E-state index contributed by atoms with van der Waals surface area (Å²) in [6.07, 6.45) is -0.192. The lowest BCUT2D eigenvalue weighted by atomic mass is 10.1. The van der Waals surface area contributed by atoms with Crippen molar-refractivity contribution in [2.75, 3.05) is 12.4 Å². The molecule has 1 unspecified atom stereocenters. The Labute approximate surface area is 168 Å². The van der Waals surface area contributed by atoms with Crippen LogP contribution in [0.15, 0.2) is 46.9 Å². The number of carbonyl (C=O) groups excluding carboxylic acids is 1. The molecule has 0 bridgehead atoms. The van der Waals surface area contributed by atoms with E-state index in [1.165, 1.54) is 18.2 Å². The second-order valence-corrected chi connectivity index (χ2v) is 7.07.